The van der Waals surface area contributed by atoms with E-state index in [1.165, 1.54) is 0 Å². The van der Waals surface area contributed by atoms with E-state index in [0.717, 1.165) is 24.8 Å². The van der Waals surface area contributed by atoms with E-state index in [4.69, 9.17) is 9.47 Å². The maximum Gasteiger partial charge on any atom is 0.307 e. The highest BCUT2D eigenvalue weighted by Crippen LogP contribution is 2.59. The average Bonchev–Trinajstić information content (AvgIpc) is 3.34. The van der Waals surface area contributed by atoms with Crippen molar-refractivity contribution in [1.29, 1.82) is 0 Å². The van der Waals surface area contributed by atoms with Crippen molar-refractivity contribution in [3.05, 3.63) is 23.8 Å². The van der Waals surface area contributed by atoms with Crippen molar-refractivity contribution in [2.24, 2.45) is 11.3 Å². The molecule has 1 N–H and O–H groups in total. The molecule has 1 atom stereocenters. The van der Waals surface area contributed by atoms with Gasteiger partial charge in [-0.05, 0) is 56.2 Å². The maximum atomic E-state index is 13.2. The summed E-state index contributed by atoms with van der Waals surface area (Å²) >= 11 is 0. The molecule has 6 nitrogen and oxygen atoms in total. The van der Waals surface area contributed by atoms with Gasteiger partial charge in [-0.15, -0.1) is 0 Å². The number of benzene rings is 1. The molecule has 1 aliphatic heterocycles. The largest absolute Gasteiger partial charge is 0.493 e. The normalized spacial score (nSPS) is 21.4. The molecule has 0 aromatic heterocycles. The summed E-state index contributed by atoms with van der Waals surface area (Å²) in [5, 5.41) is 9.21. The fourth-order valence-corrected chi connectivity index (χ4v) is 4.15. The lowest BCUT2D eigenvalue weighted by Crippen LogP contribution is -2.47. The van der Waals surface area contributed by atoms with E-state index in [9.17, 15) is 14.7 Å². The van der Waals surface area contributed by atoms with Crippen molar-refractivity contribution in [3.8, 4) is 11.5 Å². The number of rotatable bonds is 5. The fourth-order valence-electron chi connectivity index (χ4n) is 4.15. The molecule has 1 saturated carbocycles. The van der Waals surface area contributed by atoms with Gasteiger partial charge in [0, 0.05) is 13.1 Å². The number of carbonyl (C=O) groups excluding carboxylic acids is 1. The fraction of sp³-hybridized carbons (Fsp3) is 0.600. The number of nitrogens with zero attached hydrogens (tertiary/aromatic N) is 1. The minimum Gasteiger partial charge on any atom is -0.493 e. The Balaban J connectivity index is 1.72. The van der Waals surface area contributed by atoms with Crippen LogP contribution in [0.15, 0.2) is 18.2 Å². The molecule has 2 aliphatic rings. The molecule has 1 spiro atoms. The zero-order valence-electron chi connectivity index (χ0n) is 15.9. The molecule has 2 fully saturated rings. The summed E-state index contributed by atoms with van der Waals surface area (Å²) in [7, 11) is 3.16. The molecule has 142 valence electrons. The van der Waals surface area contributed by atoms with E-state index in [1.54, 1.807) is 14.2 Å². The number of aliphatic carboxylic acids is 1. The number of amides is 1. The lowest BCUT2D eigenvalue weighted by molar-refractivity contribution is -0.140. The van der Waals surface area contributed by atoms with Gasteiger partial charge in [-0.2, -0.15) is 0 Å². The van der Waals surface area contributed by atoms with Crippen LogP contribution in [-0.4, -0.2) is 49.2 Å². The van der Waals surface area contributed by atoms with E-state index >= 15 is 0 Å². The van der Waals surface area contributed by atoms with Crippen LogP contribution >= 0.6 is 0 Å². The Morgan fingerprint density at radius 2 is 1.77 bits per heavy atom. The van der Waals surface area contributed by atoms with Crippen LogP contribution in [-0.2, 0) is 15.0 Å². The first-order valence-corrected chi connectivity index (χ1v) is 9.00. The molecule has 1 aromatic rings. The molecular weight excluding hydrogens is 334 g/mol. The number of piperidine rings is 1. The average molecular weight is 361 g/mol. The van der Waals surface area contributed by atoms with Gasteiger partial charge in [0.2, 0.25) is 5.91 Å². The summed E-state index contributed by atoms with van der Waals surface area (Å²) in [6.45, 7) is 5.08. The van der Waals surface area contributed by atoms with Gasteiger partial charge in [-0.3, -0.25) is 9.59 Å². The van der Waals surface area contributed by atoms with Gasteiger partial charge in [-0.1, -0.05) is 6.07 Å². The van der Waals surface area contributed by atoms with E-state index in [-0.39, 0.29) is 17.2 Å². The van der Waals surface area contributed by atoms with Gasteiger partial charge in [0.05, 0.1) is 25.6 Å². The third-order valence-corrected chi connectivity index (χ3v) is 6.17. The smallest absolute Gasteiger partial charge is 0.307 e. The topological polar surface area (TPSA) is 76.1 Å². The Morgan fingerprint density at radius 1 is 1.15 bits per heavy atom. The molecule has 1 aliphatic carbocycles. The predicted molar refractivity (Wildman–Crippen MR) is 96.6 cm³/mol. The molecule has 3 rings (SSSR count). The molecule has 1 aromatic carbocycles. The number of ether oxygens (including phenoxy) is 2. The molecular formula is C20H27NO5. The first-order valence-electron chi connectivity index (χ1n) is 9.00. The van der Waals surface area contributed by atoms with E-state index in [2.05, 4.69) is 0 Å². The molecule has 26 heavy (non-hydrogen) atoms. The Hall–Kier alpha value is -2.24. The number of likely N-dealkylation sites (tertiary alicyclic amines) is 1. The van der Waals surface area contributed by atoms with Crippen molar-refractivity contribution in [2.75, 3.05) is 27.3 Å². The Labute approximate surface area is 154 Å². The van der Waals surface area contributed by atoms with Gasteiger partial charge < -0.3 is 19.5 Å². The van der Waals surface area contributed by atoms with Gasteiger partial charge in [0.15, 0.2) is 11.5 Å². The van der Waals surface area contributed by atoms with Gasteiger partial charge in [0.1, 0.15) is 0 Å². The number of carboxylic acids is 1. The second kappa shape index (κ2) is 6.49. The first kappa shape index (κ1) is 18.5. The summed E-state index contributed by atoms with van der Waals surface area (Å²) in [6.07, 6.45) is 2.30. The number of carbonyl (C=O) groups is 2. The molecule has 6 heteroatoms. The molecule has 1 heterocycles. The number of hydrogen-bond acceptors (Lipinski definition) is 4. The summed E-state index contributed by atoms with van der Waals surface area (Å²) in [5.74, 6) is 0.375. The molecule has 1 unspecified atom stereocenters. The van der Waals surface area contributed by atoms with Crippen molar-refractivity contribution in [2.45, 2.75) is 38.5 Å². The van der Waals surface area contributed by atoms with Gasteiger partial charge in [-0.25, -0.2) is 0 Å². The zero-order chi connectivity index (χ0) is 19.1. The molecule has 0 radical (unpaired) electrons. The van der Waals surface area contributed by atoms with Crippen LogP contribution in [0.5, 0.6) is 11.5 Å². The highest BCUT2D eigenvalue weighted by atomic mass is 16.5. The van der Waals surface area contributed by atoms with Crippen LogP contribution in [0.4, 0.5) is 0 Å². The number of methoxy groups -OCH3 is 2. The second-order valence-corrected chi connectivity index (χ2v) is 7.94. The minimum absolute atomic E-state index is 0.0621. The van der Waals surface area contributed by atoms with E-state index < -0.39 is 11.4 Å². The van der Waals surface area contributed by atoms with Crippen LogP contribution in [0.3, 0.4) is 0 Å². The third-order valence-electron chi connectivity index (χ3n) is 6.17. The minimum atomic E-state index is -0.699. The van der Waals surface area contributed by atoms with Crippen LogP contribution < -0.4 is 9.47 Å². The van der Waals surface area contributed by atoms with Crippen LogP contribution in [0.2, 0.25) is 0 Å². The Kier molecular flexibility index (Phi) is 4.63. The third kappa shape index (κ3) is 3.02. The molecule has 0 bridgehead atoms. The predicted octanol–water partition coefficient (Wildman–Crippen LogP) is 2.69. The second-order valence-electron chi connectivity index (χ2n) is 7.94. The monoisotopic (exact) mass is 361 g/mol. The van der Waals surface area contributed by atoms with Crippen molar-refractivity contribution < 1.29 is 24.2 Å². The summed E-state index contributed by atoms with van der Waals surface area (Å²) in [6, 6.07) is 5.56. The number of hydrogen-bond donors (Lipinski definition) is 1. The summed E-state index contributed by atoms with van der Waals surface area (Å²) < 4.78 is 10.6. The standard InChI is InChI=1S/C20H27NO5/c1-19(2,13-5-6-15(25-3)16(11-13)26-4)18(24)21-9-7-20(8-10-21)12-14(20)17(22)23/h5-6,11,14H,7-10,12H2,1-4H3,(H,22,23). The van der Waals surface area contributed by atoms with Crippen LogP contribution in [0, 0.1) is 11.3 Å². The highest BCUT2D eigenvalue weighted by Gasteiger charge is 2.59. The van der Waals surface area contributed by atoms with Gasteiger partial charge >= 0.3 is 5.97 Å². The lowest BCUT2D eigenvalue weighted by Gasteiger charge is -2.37. The van der Waals surface area contributed by atoms with Crippen molar-refractivity contribution in [1.82, 2.24) is 4.90 Å². The Morgan fingerprint density at radius 3 is 2.27 bits per heavy atom. The molecule has 1 saturated heterocycles. The van der Waals surface area contributed by atoms with Crippen LogP contribution in [0.1, 0.15) is 38.7 Å². The Bertz CT molecular complexity index is 719. The first-order chi connectivity index (χ1) is 12.2. The maximum absolute atomic E-state index is 13.2. The quantitative estimate of drug-likeness (QED) is 0.873. The SMILES string of the molecule is COc1ccc(C(C)(C)C(=O)N2CCC3(CC2)CC3C(=O)O)cc1OC. The number of carboxylic acid groups (broad SMARTS) is 1. The highest BCUT2D eigenvalue weighted by molar-refractivity contribution is 5.88. The van der Waals surface area contributed by atoms with Crippen LogP contribution in [0.25, 0.3) is 0 Å². The van der Waals surface area contributed by atoms with Crippen molar-refractivity contribution in [3.63, 3.8) is 0 Å². The lowest BCUT2D eigenvalue weighted by atomic mass is 9.81. The summed E-state index contributed by atoms with van der Waals surface area (Å²) in [5.41, 5.74) is 0.103. The van der Waals surface area contributed by atoms with Crippen molar-refractivity contribution >= 4 is 11.9 Å². The zero-order valence-corrected chi connectivity index (χ0v) is 15.9. The van der Waals surface area contributed by atoms with E-state index in [1.807, 2.05) is 36.9 Å². The van der Waals surface area contributed by atoms with Gasteiger partial charge in [0.25, 0.3) is 0 Å². The molecule has 1 amide bonds. The van der Waals surface area contributed by atoms with E-state index in [0.29, 0.717) is 24.6 Å². The summed E-state index contributed by atoms with van der Waals surface area (Å²) in [4.78, 5) is 26.2.